The molecule has 2 aliphatic heterocycles. The number of hydrogen-bond acceptors (Lipinski definition) is 14. The van der Waals surface area contributed by atoms with Crippen molar-refractivity contribution in [1.29, 1.82) is 0 Å². The number of likely N-dealkylation sites (N-methyl/N-ethyl adjacent to an activating group) is 2. The zero-order chi connectivity index (χ0) is 66.3. The number of aromatic nitrogens is 2. The van der Waals surface area contributed by atoms with Gasteiger partial charge in [0.1, 0.15) is 23.1 Å². The molecule has 8 aromatic rings. The maximum atomic E-state index is 13.9. The third-order valence-corrected chi connectivity index (χ3v) is 18.9. The van der Waals surface area contributed by atoms with Crippen LogP contribution in [-0.2, 0) is 31.9 Å². The van der Waals surface area contributed by atoms with Gasteiger partial charge in [0.05, 0.1) is 47.5 Å². The molecule has 4 heterocycles. The summed E-state index contributed by atoms with van der Waals surface area (Å²) in [6, 6.07) is 37.4. The highest BCUT2D eigenvalue weighted by molar-refractivity contribution is 7.74. The molecule has 0 radical (unpaired) electrons. The quantitative estimate of drug-likeness (QED) is 0.0288. The highest BCUT2D eigenvalue weighted by atomic mass is 31.2. The van der Waals surface area contributed by atoms with E-state index >= 15 is 0 Å². The predicted molar refractivity (Wildman–Crippen MR) is 348 cm³/mol. The molecule has 2 aliphatic rings. The zero-order valence-corrected chi connectivity index (χ0v) is 54.2. The molecule has 2 fully saturated rings. The molecule has 5 N–H and O–H groups in total. The van der Waals surface area contributed by atoms with Gasteiger partial charge in [0.2, 0.25) is 0 Å². The minimum atomic E-state index is -3.13. The van der Waals surface area contributed by atoms with Crippen molar-refractivity contribution in [2.75, 3.05) is 74.4 Å². The Hall–Kier alpha value is -9.05. The lowest BCUT2D eigenvalue weighted by atomic mass is 10.0. The first kappa shape index (κ1) is 67.9. The van der Waals surface area contributed by atoms with Crippen LogP contribution in [0, 0.1) is 25.5 Å². The van der Waals surface area contributed by atoms with E-state index in [0.717, 1.165) is 11.1 Å². The monoisotopic (exact) mass is 1260 g/mol. The molecule has 2 aromatic heterocycles. The van der Waals surface area contributed by atoms with Crippen LogP contribution in [0.15, 0.2) is 133 Å². The molecule has 4 atom stereocenters. The largest absolute Gasteiger partial charge is 0.496 e. The fourth-order valence-corrected chi connectivity index (χ4v) is 13.2. The molecule has 91 heavy (non-hydrogen) atoms. The average molecular weight is 1270 g/mol. The van der Waals surface area contributed by atoms with Crippen molar-refractivity contribution < 1.29 is 56.2 Å². The number of nitrogens with one attached hydrogen (secondary N) is 1. The van der Waals surface area contributed by atoms with E-state index in [4.69, 9.17) is 25.8 Å². The number of aryl methyl sites for hydroxylation is 1. The Morgan fingerprint density at radius 3 is 1.38 bits per heavy atom. The van der Waals surface area contributed by atoms with Crippen molar-refractivity contribution in [2.24, 2.45) is 5.90 Å². The summed E-state index contributed by atoms with van der Waals surface area (Å²) in [4.78, 5) is 92.4. The number of H-pyrrole nitrogens is 1. The summed E-state index contributed by atoms with van der Waals surface area (Å²) in [5.41, 5.74) is 5.15. The number of benzene rings is 6. The van der Waals surface area contributed by atoms with E-state index in [9.17, 15) is 42.1 Å². The van der Waals surface area contributed by atoms with E-state index in [0.29, 0.717) is 106 Å². The number of rotatable bonds is 15. The number of fused-ring (bicyclic) bond motifs is 2. The number of carbonyl (C=O) groups excluding carboxylic acids is 6. The number of amides is 4. The smallest absolute Gasteiger partial charge is 0.294 e. The number of ketones is 2. The molecule has 10 rings (SSSR count). The molecular weight excluding hydrogens is 1190 g/mol. The summed E-state index contributed by atoms with van der Waals surface area (Å²) in [6.45, 7) is 15.1. The molecule has 0 bridgehead atoms. The van der Waals surface area contributed by atoms with E-state index in [1.54, 1.807) is 91.5 Å². The molecule has 480 valence electrons. The normalized spacial score (nSPS) is 16.9. The van der Waals surface area contributed by atoms with E-state index in [1.807, 2.05) is 55.1 Å². The van der Waals surface area contributed by atoms with Gasteiger partial charge >= 0.3 is 0 Å². The molecule has 6 aromatic carbocycles. The maximum Gasteiger partial charge on any atom is 0.294 e. The Morgan fingerprint density at radius 1 is 0.571 bits per heavy atom. The summed E-state index contributed by atoms with van der Waals surface area (Å²) in [5, 5.41) is 2.13. The number of nitrogens with two attached hydrogens (primary N) is 2. The van der Waals surface area contributed by atoms with Crippen LogP contribution in [0.3, 0.4) is 0 Å². The summed E-state index contributed by atoms with van der Waals surface area (Å²) < 4.78 is 56.5. The van der Waals surface area contributed by atoms with Gasteiger partial charge in [0, 0.05) is 137 Å². The van der Waals surface area contributed by atoms with Crippen molar-refractivity contribution in [3.8, 4) is 11.5 Å². The molecule has 0 unspecified atom stereocenters. The molecule has 2 saturated heterocycles. The molecule has 20 nitrogen and oxygen atoms in total. The van der Waals surface area contributed by atoms with Crippen LogP contribution in [0.4, 0.5) is 8.78 Å². The molecule has 0 spiro atoms. The number of halogens is 2. The van der Waals surface area contributed by atoms with E-state index in [2.05, 4.69) is 28.6 Å². The number of nitrogens with zero attached hydrogens (tertiary/aromatic N) is 7. The lowest BCUT2D eigenvalue weighted by Crippen LogP contribution is -2.57. The zero-order valence-electron chi connectivity index (χ0n) is 53.3. The molecule has 4 amide bonds. The number of nitrogen functional groups attached to an aromatic ring is 1. The number of methoxy groups -OCH3 is 2. The predicted octanol–water partition coefficient (Wildman–Crippen LogP) is 8.25. The Morgan fingerprint density at radius 2 is 0.978 bits per heavy atom. The molecule has 0 aliphatic carbocycles. The number of aromatic amines is 1. The second-order valence-corrected chi connectivity index (χ2v) is 25.8. The summed E-state index contributed by atoms with van der Waals surface area (Å²) in [5.74, 6) is 8.57. The van der Waals surface area contributed by atoms with Crippen molar-refractivity contribution in [2.45, 2.75) is 78.8 Å². The Kier molecular flexibility index (Phi) is 21.5. The van der Waals surface area contributed by atoms with Crippen molar-refractivity contribution in [3.63, 3.8) is 0 Å². The SMILES string of the molecule is COc1cc2[nH]c(C)c(C(=O)C(=O)N(C)C)c2cc1C(=O)N1C[C@H](C)N(Cc2ccc(F)cc2)C[C@H]1C.COc1cc2c(cc1C(=O)N1C[C@H](C)N(Cc3ccc(F)cc3)C[C@H]1C)c(C(=O)C(=O)N(C)C)c(C)n2N.NOP(=O)(c1ccccc1)c1ccccc1. The van der Waals surface area contributed by atoms with Gasteiger partial charge < -0.3 is 39.9 Å². The number of Topliss-reactive ketones (excluding diaryl/α,β-unsaturated/α-hetero) is 2. The Bertz CT molecular complexity index is 3990. The van der Waals surface area contributed by atoms with Gasteiger partial charge in [-0.1, -0.05) is 60.7 Å². The second-order valence-electron chi connectivity index (χ2n) is 23.4. The van der Waals surface area contributed by atoms with Crippen LogP contribution in [0.2, 0.25) is 0 Å². The molecular formula is C68H79F2N10O10P. The van der Waals surface area contributed by atoms with Crippen LogP contribution >= 0.6 is 7.37 Å². The molecule has 0 saturated carbocycles. The molecule has 23 heteroatoms. The topological polar surface area (TPSA) is 239 Å². The number of carbonyl (C=O) groups is 6. The van der Waals surface area contributed by atoms with Crippen LogP contribution in [0.1, 0.15) is 91.6 Å². The van der Waals surface area contributed by atoms with Crippen LogP contribution in [-0.4, -0.2) is 167 Å². The van der Waals surface area contributed by atoms with Gasteiger partial charge in [0.25, 0.3) is 42.6 Å². The lowest BCUT2D eigenvalue weighted by Gasteiger charge is -2.44. The van der Waals surface area contributed by atoms with Crippen LogP contribution < -0.4 is 31.8 Å². The summed E-state index contributed by atoms with van der Waals surface area (Å²) >= 11 is 0. The summed E-state index contributed by atoms with van der Waals surface area (Å²) in [7, 11) is 5.92. The first-order valence-corrected chi connectivity index (χ1v) is 31.2. The second kappa shape index (κ2) is 28.8. The van der Waals surface area contributed by atoms with Gasteiger partial charge in [-0.15, -0.1) is 0 Å². The third-order valence-electron chi connectivity index (χ3n) is 16.7. The van der Waals surface area contributed by atoms with Crippen LogP contribution in [0.5, 0.6) is 11.5 Å². The standard InChI is InChI=1S/C28H34FN5O4.C28H33FN4O4.C12H12NO2P/c1-16-14-33(17(2)13-32(16)15-19-7-9-20(29)10-8-19)27(36)22-11-21-23(12-24(22)38-6)34(30)18(3)25(21)26(35)28(37)31(4)5;1-16-14-33(17(2)13-32(16)15-19-7-9-20(29)10-8-19)27(35)22-11-21-23(12-24(22)37-6)30-18(3)25(21)26(34)28(36)31(4)5;13-15-16(14,11-7-3-1-4-8-11)12-9-5-2-6-10-12/h7-12,16-17H,13-15,30H2,1-6H3;7-12,16-17,30H,13-15H2,1-6H3;1-10H,13H2/t2*16-,17+;/m00./s1. The van der Waals surface area contributed by atoms with Crippen molar-refractivity contribution in [1.82, 2.24) is 39.1 Å². The fourth-order valence-electron chi connectivity index (χ4n) is 11.6. The number of hydrogen-bond donors (Lipinski definition) is 3. The number of piperazine rings is 2. The van der Waals surface area contributed by atoms with Gasteiger partial charge in [-0.05, 0) is 113 Å². The van der Waals surface area contributed by atoms with Gasteiger partial charge in [0.15, 0.2) is 0 Å². The minimum Gasteiger partial charge on any atom is -0.496 e. The third kappa shape index (κ3) is 14.6. The summed E-state index contributed by atoms with van der Waals surface area (Å²) in [6.07, 6.45) is 0. The van der Waals surface area contributed by atoms with Gasteiger partial charge in [-0.2, -0.15) is 0 Å². The Labute approximate surface area is 528 Å². The lowest BCUT2D eigenvalue weighted by molar-refractivity contribution is -0.124. The first-order chi connectivity index (χ1) is 43.2. The fraction of sp³-hybridized carbons (Fsp3) is 0.324. The van der Waals surface area contributed by atoms with E-state index in [-0.39, 0.29) is 58.7 Å². The minimum absolute atomic E-state index is 0.0529. The Balaban J connectivity index is 0.000000190. The highest BCUT2D eigenvalue weighted by Crippen LogP contribution is 2.42. The first-order valence-electron chi connectivity index (χ1n) is 29.6. The van der Waals surface area contributed by atoms with Crippen molar-refractivity contribution in [3.05, 3.63) is 190 Å². The van der Waals surface area contributed by atoms with Gasteiger partial charge in [-0.25, -0.2) is 19.3 Å². The number of ether oxygens (including phenoxy) is 2. The van der Waals surface area contributed by atoms with Crippen molar-refractivity contribution >= 4 is 75.0 Å². The van der Waals surface area contributed by atoms with Gasteiger partial charge in [-0.3, -0.25) is 47.8 Å². The van der Waals surface area contributed by atoms with E-state index < -0.39 is 30.7 Å². The van der Waals surface area contributed by atoms with E-state index in [1.165, 1.54) is 81.2 Å². The highest BCUT2D eigenvalue weighted by Gasteiger charge is 2.37. The average Bonchev–Trinajstić information content (AvgIpc) is 1.67. The van der Waals surface area contributed by atoms with Crippen LogP contribution in [0.25, 0.3) is 21.8 Å². The maximum absolute atomic E-state index is 13.9.